The molecule has 1 aliphatic rings. The lowest BCUT2D eigenvalue weighted by atomic mass is 10.2. The van der Waals surface area contributed by atoms with Crippen LogP contribution >= 0.6 is 0 Å². The fourth-order valence-electron chi connectivity index (χ4n) is 2.49. The lowest BCUT2D eigenvalue weighted by Gasteiger charge is -2.34. The summed E-state index contributed by atoms with van der Waals surface area (Å²) in [6.07, 6.45) is 0. The van der Waals surface area contributed by atoms with E-state index < -0.39 is 0 Å². The van der Waals surface area contributed by atoms with Crippen LogP contribution in [-0.4, -0.2) is 47.6 Å². The van der Waals surface area contributed by atoms with E-state index in [4.69, 9.17) is 5.73 Å². The Morgan fingerprint density at radius 2 is 1.84 bits per heavy atom. The van der Waals surface area contributed by atoms with Gasteiger partial charge < -0.3 is 15.5 Å². The second-order valence-corrected chi connectivity index (χ2v) is 4.85. The molecular formula is C14H19N5. The molecule has 0 saturated carbocycles. The topological polar surface area (TPSA) is 58.3 Å². The molecule has 0 aliphatic carbocycles. The first-order valence-corrected chi connectivity index (χ1v) is 6.77. The Morgan fingerprint density at radius 3 is 2.58 bits per heavy atom. The summed E-state index contributed by atoms with van der Waals surface area (Å²) >= 11 is 0. The van der Waals surface area contributed by atoms with Gasteiger partial charge in [-0.15, -0.1) is 0 Å². The van der Waals surface area contributed by atoms with E-state index in [2.05, 4.69) is 26.7 Å². The van der Waals surface area contributed by atoms with Gasteiger partial charge in [0.05, 0.1) is 5.52 Å². The molecule has 5 nitrogen and oxygen atoms in total. The normalized spacial score (nSPS) is 17.0. The van der Waals surface area contributed by atoms with Crippen LogP contribution in [0.4, 0.5) is 11.8 Å². The van der Waals surface area contributed by atoms with Crippen molar-refractivity contribution in [3.63, 3.8) is 0 Å². The summed E-state index contributed by atoms with van der Waals surface area (Å²) in [5, 5.41) is 0.929. The summed E-state index contributed by atoms with van der Waals surface area (Å²) in [6, 6.07) is 7.89. The van der Waals surface area contributed by atoms with Crippen LogP contribution in [0.15, 0.2) is 24.3 Å². The number of nitrogen functional groups attached to an aromatic ring is 1. The Bertz CT molecular complexity index is 575. The van der Waals surface area contributed by atoms with E-state index in [1.807, 2.05) is 24.3 Å². The van der Waals surface area contributed by atoms with Crippen molar-refractivity contribution in [3.8, 4) is 0 Å². The molecule has 1 aromatic carbocycles. The summed E-state index contributed by atoms with van der Waals surface area (Å²) in [5.41, 5.74) is 6.95. The van der Waals surface area contributed by atoms with Gasteiger partial charge in [-0.2, -0.15) is 4.98 Å². The SMILES string of the molecule is CCN1CCN(c2nc(N)c3ccccc3n2)CC1. The lowest BCUT2D eigenvalue weighted by Crippen LogP contribution is -2.46. The van der Waals surface area contributed by atoms with Gasteiger partial charge in [-0.25, -0.2) is 4.98 Å². The zero-order valence-electron chi connectivity index (χ0n) is 11.2. The minimum atomic E-state index is 0.568. The van der Waals surface area contributed by atoms with Crippen LogP contribution in [-0.2, 0) is 0 Å². The first kappa shape index (κ1) is 12.2. The Morgan fingerprint density at radius 1 is 1.11 bits per heavy atom. The largest absolute Gasteiger partial charge is 0.383 e. The number of benzene rings is 1. The number of nitrogens with zero attached hydrogens (tertiary/aromatic N) is 4. The molecule has 1 aliphatic heterocycles. The highest BCUT2D eigenvalue weighted by Gasteiger charge is 2.18. The predicted octanol–water partition coefficient (Wildman–Crippen LogP) is 1.35. The molecule has 0 unspecified atom stereocenters. The zero-order chi connectivity index (χ0) is 13.2. The van der Waals surface area contributed by atoms with Gasteiger partial charge in [0.2, 0.25) is 5.95 Å². The number of para-hydroxylation sites is 1. The van der Waals surface area contributed by atoms with Gasteiger partial charge in [0.15, 0.2) is 0 Å². The molecule has 19 heavy (non-hydrogen) atoms. The molecule has 0 spiro atoms. The van der Waals surface area contributed by atoms with E-state index in [9.17, 15) is 0 Å². The standard InChI is InChI=1S/C14H19N5/c1-2-18-7-9-19(10-8-18)14-16-12-6-4-3-5-11(12)13(15)17-14/h3-6H,2,7-10H2,1H3,(H2,15,16,17). The van der Waals surface area contributed by atoms with Crippen LogP contribution in [0.5, 0.6) is 0 Å². The van der Waals surface area contributed by atoms with Crippen molar-refractivity contribution < 1.29 is 0 Å². The van der Waals surface area contributed by atoms with Crippen molar-refractivity contribution in [2.24, 2.45) is 0 Å². The smallest absolute Gasteiger partial charge is 0.227 e. The third-order valence-electron chi connectivity index (χ3n) is 3.72. The predicted molar refractivity (Wildman–Crippen MR) is 78.3 cm³/mol. The second kappa shape index (κ2) is 5.01. The average molecular weight is 257 g/mol. The van der Waals surface area contributed by atoms with Gasteiger partial charge in [-0.1, -0.05) is 19.1 Å². The number of nitrogens with two attached hydrogens (primary N) is 1. The molecule has 5 heteroatoms. The van der Waals surface area contributed by atoms with Crippen molar-refractivity contribution in [1.82, 2.24) is 14.9 Å². The molecule has 1 fully saturated rings. The molecule has 2 aromatic rings. The summed E-state index contributed by atoms with van der Waals surface area (Å²) in [5.74, 6) is 1.32. The van der Waals surface area contributed by atoms with Crippen molar-refractivity contribution in [2.75, 3.05) is 43.4 Å². The summed E-state index contributed by atoms with van der Waals surface area (Å²) in [7, 11) is 0. The molecule has 2 N–H and O–H groups in total. The molecule has 1 saturated heterocycles. The maximum Gasteiger partial charge on any atom is 0.227 e. The van der Waals surface area contributed by atoms with Gasteiger partial charge >= 0.3 is 0 Å². The summed E-state index contributed by atoms with van der Waals surface area (Å²) in [6.45, 7) is 7.35. The molecule has 3 rings (SSSR count). The molecule has 1 aromatic heterocycles. The van der Waals surface area contributed by atoms with E-state index in [0.29, 0.717) is 5.82 Å². The number of hydrogen-bond acceptors (Lipinski definition) is 5. The molecule has 0 bridgehead atoms. The number of likely N-dealkylation sites (N-methyl/N-ethyl adjacent to an activating group) is 1. The number of aromatic nitrogens is 2. The van der Waals surface area contributed by atoms with E-state index in [1.165, 1.54) is 0 Å². The van der Waals surface area contributed by atoms with Gasteiger partial charge in [-0.05, 0) is 18.7 Å². The van der Waals surface area contributed by atoms with Crippen LogP contribution in [0.1, 0.15) is 6.92 Å². The first-order valence-electron chi connectivity index (χ1n) is 6.77. The minimum Gasteiger partial charge on any atom is -0.383 e. The quantitative estimate of drug-likeness (QED) is 0.880. The van der Waals surface area contributed by atoms with E-state index >= 15 is 0 Å². The monoisotopic (exact) mass is 257 g/mol. The lowest BCUT2D eigenvalue weighted by molar-refractivity contribution is 0.270. The Kier molecular flexibility index (Phi) is 3.21. The van der Waals surface area contributed by atoms with Gasteiger partial charge in [0.25, 0.3) is 0 Å². The Balaban J connectivity index is 1.89. The molecule has 100 valence electrons. The Hall–Kier alpha value is -1.88. The van der Waals surface area contributed by atoms with Gasteiger partial charge in [0.1, 0.15) is 5.82 Å². The molecule has 0 radical (unpaired) electrons. The van der Waals surface area contributed by atoms with Crippen LogP contribution in [0.3, 0.4) is 0 Å². The highest BCUT2D eigenvalue weighted by atomic mass is 15.3. The van der Waals surface area contributed by atoms with Crippen molar-refractivity contribution >= 4 is 22.7 Å². The zero-order valence-corrected chi connectivity index (χ0v) is 11.2. The van der Waals surface area contributed by atoms with Gasteiger partial charge in [-0.3, -0.25) is 0 Å². The molecule has 0 amide bonds. The Labute approximate surface area is 113 Å². The average Bonchev–Trinajstić information content (AvgIpc) is 2.47. The number of piperazine rings is 1. The minimum absolute atomic E-state index is 0.568. The van der Waals surface area contributed by atoms with Crippen LogP contribution < -0.4 is 10.6 Å². The van der Waals surface area contributed by atoms with Crippen molar-refractivity contribution in [2.45, 2.75) is 6.92 Å². The molecular weight excluding hydrogens is 238 g/mol. The van der Waals surface area contributed by atoms with Crippen molar-refractivity contribution in [1.29, 1.82) is 0 Å². The first-order chi connectivity index (χ1) is 9.28. The van der Waals surface area contributed by atoms with E-state index in [0.717, 1.165) is 49.6 Å². The number of hydrogen-bond donors (Lipinski definition) is 1. The number of anilines is 2. The number of fused-ring (bicyclic) bond motifs is 1. The van der Waals surface area contributed by atoms with Crippen LogP contribution in [0, 0.1) is 0 Å². The number of rotatable bonds is 2. The third-order valence-corrected chi connectivity index (χ3v) is 3.72. The second-order valence-electron chi connectivity index (χ2n) is 4.85. The fraction of sp³-hybridized carbons (Fsp3) is 0.429. The summed E-state index contributed by atoms with van der Waals surface area (Å²) < 4.78 is 0. The molecule has 0 atom stereocenters. The molecule has 2 heterocycles. The van der Waals surface area contributed by atoms with Crippen LogP contribution in [0.2, 0.25) is 0 Å². The van der Waals surface area contributed by atoms with Crippen molar-refractivity contribution in [3.05, 3.63) is 24.3 Å². The third kappa shape index (κ3) is 2.33. The fourth-order valence-corrected chi connectivity index (χ4v) is 2.49. The van der Waals surface area contributed by atoms with E-state index in [-0.39, 0.29) is 0 Å². The highest BCUT2D eigenvalue weighted by Crippen LogP contribution is 2.21. The van der Waals surface area contributed by atoms with Gasteiger partial charge in [0, 0.05) is 31.6 Å². The maximum absolute atomic E-state index is 6.03. The van der Waals surface area contributed by atoms with Crippen LogP contribution in [0.25, 0.3) is 10.9 Å². The van der Waals surface area contributed by atoms with E-state index in [1.54, 1.807) is 0 Å². The summed E-state index contributed by atoms with van der Waals surface area (Å²) in [4.78, 5) is 13.7. The maximum atomic E-state index is 6.03. The highest BCUT2D eigenvalue weighted by molar-refractivity contribution is 5.88.